The Morgan fingerprint density at radius 3 is 2.05 bits per heavy atom. The summed E-state index contributed by atoms with van der Waals surface area (Å²) in [5, 5.41) is 7.03. The minimum atomic E-state index is -0.321. The molecule has 38 heavy (non-hydrogen) atoms. The molecule has 5 rings (SSSR count). The second-order valence-corrected chi connectivity index (χ2v) is 9.99. The number of carbonyl (C=O) groups is 2. The average Bonchev–Trinajstić information content (AvgIpc) is 2.89. The van der Waals surface area contributed by atoms with Gasteiger partial charge in [0, 0.05) is 33.1 Å². The van der Waals surface area contributed by atoms with Crippen LogP contribution in [0.5, 0.6) is 0 Å². The molecule has 0 saturated carbocycles. The van der Waals surface area contributed by atoms with Crippen molar-refractivity contribution < 1.29 is 9.59 Å². The Hall–Kier alpha value is -4.00. The molecule has 1 heterocycles. The number of nitrogens with zero attached hydrogens (tertiary/aromatic N) is 2. The number of hydrogen-bond donors (Lipinski definition) is 2. The number of halogens is 2. The first-order chi connectivity index (χ1) is 18.4. The number of para-hydroxylation sites is 2. The van der Waals surface area contributed by atoms with E-state index >= 15 is 0 Å². The zero-order valence-corrected chi connectivity index (χ0v) is 22.2. The lowest BCUT2D eigenvalue weighted by atomic mass is 9.90. The van der Waals surface area contributed by atoms with Gasteiger partial charge in [0.2, 0.25) is 0 Å². The second-order valence-electron chi connectivity index (χ2n) is 9.12. The maximum Gasteiger partial charge on any atom is 0.326 e. The van der Waals surface area contributed by atoms with Crippen molar-refractivity contribution in [1.82, 2.24) is 0 Å². The van der Waals surface area contributed by atoms with Crippen LogP contribution in [0, 0.1) is 0 Å². The van der Waals surface area contributed by atoms with Gasteiger partial charge in [0.15, 0.2) is 0 Å². The average molecular weight is 545 g/mol. The molecule has 4 amide bonds. The number of amides is 4. The zero-order chi connectivity index (χ0) is 26.6. The topological polar surface area (TPSA) is 64.7 Å². The van der Waals surface area contributed by atoms with Crippen molar-refractivity contribution >= 4 is 58.0 Å². The van der Waals surface area contributed by atoms with Gasteiger partial charge in [0.05, 0.1) is 11.7 Å². The molecule has 0 spiro atoms. The molecule has 192 valence electrons. The van der Waals surface area contributed by atoms with Crippen LogP contribution in [0.2, 0.25) is 10.0 Å². The minimum Gasteiger partial charge on any atom is -0.307 e. The molecule has 1 aliphatic heterocycles. The maximum atomic E-state index is 13.8. The monoisotopic (exact) mass is 544 g/mol. The predicted octanol–water partition coefficient (Wildman–Crippen LogP) is 8.60. The van der Waals surface area contributed by atoms with Crippen molar-refractivity contribution in [3.8, 4) is 0 Å². The number of fused-ring (bicyclic) bond motifs is 1. The van der Waals surface area contributed by atoms with Crippen LogP contribution in [-0.4, -0.2) is 18.1 Å². The summed E-state index contributed by atoms with van der Waals surface area (Å²) in [6, 6.07) is 30.2. The van der Waals surface area contributed by atoms with Crippen molar-refractivity contribution in [2.45, 2.75) is 25.4 Å². The molecule has 6 nitrogen and oxygen atoms in total. The van der Waals surface area contributed by atoms with Crippen LogP contribution in [0.25, 0.3) is 0 Å². The molecule has 8 heteroatoms. The first-order valence-electron chi connectivity index (χ1n) is 12.3. The van der Waals surface area contributed by atoms with E-state index in [9.17, 15) is 9.59 Å². The van der Waals surface area contributed by atoms with Crippen LogP contribution in [0.4, 0.5) is 32.3 Å². The van der Waals surface area contributed by atoms with Gasteiger partial charge in [0.25, 0.3) is 0 Å². The Morgan fingerprint density at radius 1 is 0.789 bits per heavy atom. The van der Waals surface area contributed by atoms with Gasteiger partial charge in [-0.15, -0.1) is 0 Å². The van der Waals surface area contributed by atoms with E-state index < -0.39 is 0 Å². The third kappa shape index (κ3) is 5.47. The highest BCUT2D eigenvalue weighted by molar-refractivity contribution is 6.31. The molecule has 2 N–H and O–H groups in total. The zero-order valence-electron chi connectivity index (χ0n) is 20.6. The number of nitrogens with one attached hydrogen (secondary N) is 2. The van der Waals surface area contributed by atoms with Crippen molar-refractivity contribution in [2.75, 3.05) is 20.4 Å². The Morgan fingerprint density at radius 2 is 1.39 bits per heavy atom. The summed E-state index contributed by atoms with van der Waals surface area (Å²) >= 11 is 12.3. The lowest BCUT2D eigenvalue weighted by Crippen LogP contribution is -2.49. The molecule has 0 fully saturated rings. The highest BCUT2D eigenvalue weighted by Gasteiger charge is 2.38. The summed E-state index contributed by atoms with van der Waals surface area (Å²) in [7, 11) is 0. The highest BCUT2D eigenvalue weighted by Crippen LogP contribution is 2.42. The first-order valence-corrected chi connectivity index (χ1v) is 13.0. The Kier molecular flexibility index (Phi) is 7.54. The molecule has 0 unspecified atom stereocenters. The number of anilines is 4. The van der Waals surface area contributed by atoms with Gasteiger partial charge in [-0.25, -0.2) is 9.59 Å². The van der Waals surface area contributed by atoms with E-state index in [4.69, 9.17) is 23.2 Å². The van der Waals surface area contributed by atoms with Crippen LogP contribution < -0.4 is 20.4 Å². The van der Waals surface area contributed by atoms with Crippen LogP contribution in [0.15, 0.2) is 103 Å². The van der Waals surface area contributed by atoms with Crippen LogP contribution in [0.3, 0.4) is 0 Å². The van der Waals surface area contributed by atoms with Gasteiger partial charge >= 0.3 is 12.1 Å². The number of rotatable bonds is 4. The summed E-state index contributed by atoms with van der Waals surface area (Å²) in [5.41, 5.74) is 3.57. The minimum absolute atomic E-state index is 0.209. The molecule has 2 atom stereocenters. The molecule has 0 bridgehead atoms. The fourth-order valence-electron chi connectivity index (χ4n) is 4.86. The summed E-state index contributed by atoms with van der Waals surface area (Å²) in [6.07, 6.45) is 0.526. The lowest BCUT2D eigenvalue weighted by Gasteiger charge is -2.43. The Labute approximate surface area is 231 Å². The summed E-state index contributed by atoms with van der Waals surface area (Å²) in [4.78, 5) is 30.8. The molecule has 0 radical (unpaired) electrons. The van der Waals surface area contributed by atoms with Gasteiger partial charge in [0.1, 0.15) is 0 Å². The largest absolute Gasteiger partial charge is 0.326 e. The molecule has 0 saturated heterocycles. The molecular weight excluding hydrogens is 519 g/mol. The van der Waals surface area contributed by atoms with Crippen molar-refractivity contribution in [3.05, 3.63) is 119 Å². The van der Waals surface area contributed by atoms with Crippen LogP contribution >= 0.6 is 23.2 Å². The van der Waals surface area contributed by atoms with Crippen molar-refractivity contribution in [1.29, 1.82) is 0 Å². The van der Waals surface area contributed by atoms with E-state index in [1.165, 1.54) is 0 Å². The van der Waals surface area contributed by atoms with Gasteiger partial charge in [-0.2, -0.15) is 0 Å². The van der Waals surface area contributed by atoms with Crippen molar-refractivity contribution in [3.63, 3.8) is 0 Å². The van der Waals surface area contributed by atoms with E-state index in [0.717, 1.165) is 16.9 Å². The number of urea groups is 2. The predicted molar refractivity (Wildman–Crippen MR) is 156 cm³/mol. The molecule has 1 aliphatic rings. The lowest BCUT2D eigenvalue weighted by molar-refractivity contribution is 0.251. The van der Waals surface area contributed by atoms with Gasteiger partial charge in [-0.3, -0.25) is 9.80 Å². The van der Waals surface area contributed by atoms with E-state index in [-0.39, 0.29) is 24.1 Å². The normalized spacial score (nSPS) is 16.3. The second kappa shape index (κ2) is 11.2. The van der Waals surface area contributed by atoms with E-state index in [1.54, 1.807) is 58.3 Å². The fraction of sp³-hybridized carbons (Fsp3) is 0.133. The molecule has 0 aromatic heterocycles. The summed E-state index contributed by atoms with van der Waals surface area (Å²) in [6.45, 7) is 1.98. The summed E-state index contributed by atoms with van der Waals surface area (Å²) < 4.78 is 0. The van der Waals surface area contributed by atoms with Gasteiger partial charge in [-0.05, 0) is 73.5 Å². The summed E-state index contributed by atoms with van der Waals surface area (Å²) in [5.74, 6) is 0. The number of carbonyl (C=O) groups excluding carboxylic acids is 2. The first kappa shape index (κ1) is 25.6. The van der Waals surface area contributed by atoms with Crippen molar-refractivity contribution in [2.24, 2.45) is 0 Å². The van der Waals surface area contributed by atoms with Crippen LogP contribution in [0.1, 0.15) is 24.9 Å². The smallest absolute Gasteiger partial charge is 0.307 e. The highest BCUT2D eigenvalue weighted by atomic mass is 35.5. The third-order valence-electron chi connectivity index (χ3n) is 6.50. The molecule has 0 aliphatic carbocycles. The quantitative estimate of drug-likeness (QED) is 0.270. The maximum absolute atomic E-state index is 13.8. The number of benzene rings is 4. The SMILES string of the molecule is C[C@@H]1C[C@@H](N(C(=O)Nc2cccc(Cl)c2)c2ccccc2)c2ccccc2N1C(=O)Nc1cccc(Cl)c1. The van der Waals surface area contributed by atoms with E-state index in [1.807, 2.05) is 61.5 Å². The van der Waals surface area contributed by atoms with E-state index in [0.29, 0.717) is 27.8 Å². The number of hydrogen-bond acceptors (Lipinski definition) is 2. The van der Waals surface area contributed by atoms with Gasteiger partial charge < -0.3 is 10.6 Å². The van der Waals surface area contributed by atoms with E-state index in [2.05, 4.69) is 10.6 Å². The molecule has 4 aromatic rings. The molecule has 4 aromatic carbocycles. The third-order valence-corrected chi connectivity index (χ3v) is 6.97. The Bertz CT molecular complexity index is 1460. The fourth-order valence-corrected chi connectivity index (χ4v) is 5.24. The molecular formula is C30H26Cl2N4O2. The van der Waals surface area contributed by atoms with Gasteiger partial charge in [-0.1, -0.05) is 71.7 Å². The van der Waals surface area contributed by atoms with Crippen LogP contribution in [-0.2, 0) is 0 Å². The Balaban J connectivity index is 1.51. The standard InChI is InChI=1S/C30H26Cl2N4O2/c1-20-17-28(36(25-13-3-2-4-14-25)30(38)34-24-12-8-10-22(32)19-24)26-15-5-6-16-27(26)35(20)29(37)33-23-11-7-9-21(31)18-23/h2-16,18-20,28H,17H2,1H3,(H,33,37)(H,34,38)/t20-,28-/m1/s1.